The Labute approximate surface area is 209 Å². The first-order chi connectivity index (χ1) is 15.4. The number of hydrogen-bond acceptors (Lipinski definition) is 3. The summed E-state index contributed by atoms with van der Waals surface area (Å²) in [5, 5.41) is 5.20. The largest absolute Gasteiger partial charge is 0.490 e. The van der Waals surface area contributed by atoms with Crippen molar-refractivity contribution in [2.24, 2.45) is 17.8 Å². The molecule has 0 atom stereocenters. The van der Waals surface area contributed by atoms with Crippen LogP contribution in [-0.4, -0.2) is 12.1 Å². The molecule has 172 valence electrons. The first-order valence-corrected chi connectivity index (χ1v) is 13.2. The Morgan fingerprint density at radius 3 is 2.31 bits per heavy atom. The van der Waals surface area contributed by atoms with Gasteiger partial charge in [-0.25, -0.2) is 0 Å². The van der Waals surface area contributed by atoms with Gasteiger partial charge in [0.05, 0.1) is 11.1 Å². The zero-order valence-electron chi connectivity index (χ0n) is 18.4. The number of nitrogens with one attached hydrogen (secondary N) is 1. The Balaban J connectivity index is 1.30. The molecule has 2 aromatic carbocycles. The highest BCUT2D eigenvalue weighted by Crippen LogP contribution is 2.55. The summed E-state index contributed by atoms with van der Waals surface area (Å²) >= 11 is 16.0. The van der Waals surface area contributed by atoms with Gasteiger partial charge in [0, 0.05) is 27.7 Å². The van der Waals surface area contributed by atoms with Gasteiger partial charge in [-0.15, -0.1) is 0 Å². The summed E-state index contributed by atoms with van der Waals surface area (Å²) in [6, 6.07) is 9.71. The van der Waals surface area contributed by atoms with Gasteiger partial charge in [-0.1, -0.05) is 29.3 Å². The van der Waals surface area contributed by atoms with Crippen molar-refractivity contribution in [1.29, 1.82) is 0 Å². The molecule has 2 aromatic rings. The van der Waals surface area contributed by atoms with Crippen molar-refractivity contribution in [3.8, 4) is 11.5 Å². The molecule has 4 fully saturated rings. The van der Waals surface area contributed by atoms with E-state index in [2.05, 4.69) is 33.4 Å². The van der Waals surface area contributed by atoms with Crippen molar-refractivity contribution in [2.75, 3.05) is 6.61 Å². The van der Waals surface area contributed by atoms with Gasteiger partial charge in [-0.2, -0.15) is 0 Å². The molecule has 0 saturated heterocycles. The molecule has 0 aromatic heterocycles. The van der Waals surface area contributed by atoms with E-state index in [0.29, 0.717) is 34.5 Å². The fourth-order valence-electron chi connectivity index (χ4n) is 6.53. The first kappa shape index (κ1) is 22.8. The van der Waals surface area contributed by atoms with Crippen LogP contribution >= 0.6 is 39.1 Å². The van der Waals surface area contributed by atoms with E-state index in [0.717, 1.165) is 40.1 Å². The monoisotopic (exact) mass is 537 g/mol. The van der Waals surface area contributed by atoms with Gasteiger partial charge >= 0.3 is 0 Å². The van der Waals surface area contributed by atoms with E-state index >= 15 is 0 Å². The molecule has 4 aliphatic rings. The fraction of sp³-hybridized carbons (Fsp3) is 0.538. The quantitative estimate of drug-likeness (QED) is 0.372. The molecule has 0 heterocycles. The Hall–Kier alpha value is -0.940. The highest BCUT2D eigenvalue weighted by molar-refractivity contribution is 9.10. The number of hydrogen-bond donors (Lipinski definition) is 1. The van der Waals surface area contributed by atoms with Crippen molar-refractivity contribution < 1.29 is 9.47 Å². The Morgan fingerprint density at radius 1 is 1.00 bits per heavy atom. The maximum atomic E-state index is 6.32. The molecule has 0 spiro atoms. The van der Waals surface area contributed by atoms with Crippen LogP contribution in [-0.2, 0) is 13.2 Å². The van der Waals surface area contributed by atoms with E-state index in [9.17, 15) is 0 Å². The molecule has 0 unspecified atom stereocenters. The molecule has 4 bridgehead atoms. The van der Waals surface area contributed by atoms with Crippen LogP contribution in [0.1, 0.15) is 56.6 Å². The molecule has 0 aliphatic heterocycles. The van der Waals surface area contributed by atoms with Crippen molar-refractivity contribution in [2.45, 2.75) is 64.1 Å². The fourth-order valence-corrected chi connectivity index (χ4v) is 7.60. The van der Waals surface area contributed by atoms with Crippen molar-refractivity contribution in [3.05, 3.63) is 56.0 Å². The van der Waals surface area contributed by atoms with Crippen LogP contribution in [0, 0.1) is 17.8 Å². The average molecular weight is 539 g/mol. The lowest BCUT2D eigenvalue weighted by Gasteiger charge is -2.57. The molecule has 32 heavy (non-hydrogen) atoms. The normalized spacial score (nSPS) is 28.2. The van der Waals surface area contributed by atoms with Crippen LogP contribution in [0.3, 0.4) is 0 Å². The summed E-state index contributed by atoms with van der Waals surface area (Å²) in [7, 11) is 0. The van der Waals surface area contributed by atoms with Crippen LogP contribution in [0.5, 0.6) is 11.5 Å². The van der Waals surface area contributed by atoms with E-state index in [1.54, 1.807) is 6.07 Å². The maximum absolute atomic E-state index is 6.32. The predicted molar refractivity (Wildman–Crippen MR) is 134 cm³/mol. The zero-order chi connectivity index (χ0) is 22.3. The van der Waals surface area contributed by atoms with Gasteiger partial charge < -0.3 is 14.8 Å². The van der Waals surface area contributed by atoms with Gasteiger partial charge in [-0.3, -0.25) is 0 Å². The van der Waals surface area contributed by atoms with E-state index in [1.165, 1.54) is 44.1 Å². The van der Waals surface area contributed by atoms with Crippen molar-refractivity contribution >= 4 is 39.1 Å². The Bertz CT molecular complexity index is 961. The molecule has 0 radical (unpaired) electrons. The lowest BCUT2D eigenvalue weighted by molar-refractivity contribution is -0.0206. The minimum atomic E-state index is 0.341. The number of benzene rings is 2. The van der Waals surface area contributed by atoms with Crippen LogP contribution in [0.4, 0.5) is 0 Å². The second-order valence-corrected chi connectivity index (χ2v) is 11.6. The standard InChI is InChI=1S/C26H30BrCl2NO2/c1-2-31-24-9-19(14-30-26-11-16-5-17(12-26)7-18(6-16)13-26)8-22(27)25(24)32-15-20-3-4-21(28)10-23(20)29/h3-4,8-10,16-18,30H,2,5-7,11-15H2,1H3. The van der Waals surface area contributed by atoms with E-state index < -0.39 is 0 Å². The van der Waals surface area contributed by atoms with Gasteiger partial charge in [-0.05, 0) is 109 Å². The van der Waals surface area contributed by atoms with E-state index in [4.69, 9.17) is 32.7 Å². The van der Waals surface area contributed by atoms with Crippen LogP contribution in [0.15, 0.2) is 34.8 Å². The Kier molecular flexibility index (Phi) is 6.68. The third kappa shape index (κ3) is 4.80. The molecular weight excluding hydrogens is 509 g/mol. The van der Waals surface area contributed by atoms with Crippen LogP contribution in [0.25, 0.3) is 0 Å². The summed E-state index contributed by atoms with van der Waals surface area (Å²) in [5.74, 6) is 4.28. The molecule has 0 amide bonds. The number of halogens is 3. The third-order valence-corrected chi connectivity index (χ3v) is 8.64. The molecule has 6 rings (SSSR count). The van der Waals surface area contributed by atoms with E-state index in [1.807, 2.05) is 19.1 Å². The molecule has 1 N–H and O–H groups in total. The Morgan fingerprint density at radius 2 is 1.69 bits per heavy atom. The molecular formula is C26H30BrCl2NO2. The molecule has 6 heteroatoms. The van der Waals surface area contributed by atoms with Gasteiger partial charge in [0.2, 0.25) is 0 Å². The predicted octanol–water partition coefficient (Wildman–Crippen LogP) is 7.79. The topological polar surface area (TPSA) is 30.5 Å². The summed E-state index contributed by atoms with van der Waals surface area (Å²) in [4.78, 5) is 0. The highest BCUT2D eigenvalue weighted by Gasteiger charge is 2.50. The molecule has 4 saturated carbocycles. The second-order valence-electron chi connectivity index (χ2n) is 9.91. The summed E-state index contributed by atoms with van der Waals surface area (Å²) in [5.41, 5.74) is 2.44. The van der Waals surface area contributed by atoms with Crippen molar-refractivity contribution in [3.63, 3.8) is 0 Å². The van der Waals surface area contributed by atoms with Crippen LogP contribution in [0.2, 0.25) is 10.0 Å². The third-order valence-electron chi connectivity index (χ3n) is 7.46. The molecule has 4 aliphatic carbocycles. The second kappa shape index (κ2) is 9.37. The lowest BCUT2D eigenvalue weighted by atomic mass is 9.53. The maximum Gasteiger partial charge on any atom is 0.175 e. The first-order valence-electron chi connectivity index (χ1n) is 11.7. The smallest absolute Gasteiger partial charge is 0.175 e. The minimum absolute atomic E-state index is 0.341. The summed E-state index contributed by atoms with van der Waals surface area (Å²) < 4.78 is 13.0. The minimum Gasteiger partial charge on any atom is -0.490 e. The zero-order valence-corrected chi connectivity index (χ0v) is 21.5. The summed E-state index contributed by atoms with van der Waals surface area (Å²) in [6.45, 7) is 3.78. The highest BCUT2D eigenvalue weighted by atomic mass is 79.9. The SMILES string of the molecule is CCOc1cc(CNC23CC4CC(CC(C4)C2)C3)cc(Br)c1OCc1ccc(Cl)cc1Cl. The summed E-state index contributed by atoms with van der Waals surface area (Å²) in [6.07, 6.45) is 8.44. The number of ether oxygens (including phenoxy) is 2. The van der Waals surface area contributed by atoms with Gasteiger partial charge in [0.25, 0.3) is 0 Å². The number of rotatable bonds is 8. The average Bonchev–Trinajstić information content (AvgIpc) is 2.72. The molecule has 3 nitrogen and oxygen atoms in total. The van der Waals surface area contributed by atoms with Gasteiger partial charge in [0.15, 0.2) is 11.5 Å². The lowest BCUT2D eigenvalue weighted by Crippen LogP contribution is -2.58. The van der Waals surface area contributed by atoms with Crippen LogP contribution < -0.4 is 14.8 Å². The van der Waals surface area contributed by atoms with E-state index in [-0.39, 0.29) is 0 Å². The van der Waals surface area contributed by atoms with Crippen molar-refractivity contribution in [1.82, 2.24) is 5.32 Å². The van der Waals surface area contributed by atoms with Gasteiger partial charge in [0.1, 0.15) is 6.61 Å².